The Hall–Kier alpha value is -2.48. The van der Waals surface area contributed by atoms with Crippen LogP contribution in [0.25, 0.3) is 10.2 Å². The molecule has 1 saturated heterocycles. The molecule has 140 valence electrons. The molecule has 5 rings (SSSR count). The maximum atomic E-state index is 12.5. The number of amides is 1. The van der Waals surface area contributed by atoms with E-state index in [0.29, 0.717) is 5.69 Å². The molecule has 4 heterocycles. The summed E-state index contributed by atoms with van der Waals surface area (Å²) < 4.78 is 1.61. The van der Waals surface area contributed by atoms with E-state index < -0.39 is 0 Å². The van der Waals surface area contributed by atoms with Gasteiger partial charge in [-0.05, 0) is 43.7 Å². The smallest absolute Gasteiger partial charge is 0.269 e. The average molecular weight is 382 g/mol. The summed E-state index contributed by atoms with van der Waals surface area (Å²) >= 11 is 1.82. The van der Waals surface area contributed by atoms with Gasteiger partial charge >= 0.3 is 0 Å². The van der Waals surface area contributed by atoms with Crippen molar-refractivity contribution in [3.05, 3.63) is 34.7 Å². The van der Waals surface area contributed by atoms with Gasteiger partial charge in [-0.1, -0.05) is 0 Å². The van der Waals surface area contributed by atoms with Gasteiger partial charge in [-0.3, -0.25) is 9.48 Å². The standard InChI is InChI=1S/C19H22N6OS/c1-24-14(7-8-22-24)18(26)23-12-4-3-9-25(10-12)17-16-13-5-2-6-15(13)27-19(16)21-11-20-17/h7-8,11-12H,2-6,9-10H2,1H3,(H,23,26). The summed E-state index contributed by atoms with van der Waals surface area (Å²) in [6, 6.07) is 1.86. The first-order chi connectivity index (χ1) is 13.2. The fourth-order valence-corrected chi connectivity index (χ4v) is 5.52. The molecular formula is C19H22N6OS. The topological polar surface area (TPSA) is 75.9 Å². The molecular weight excluding hydrogens is 360 g/mol. The minimum Gasteiger partial charge on any atom is -0.354 e. The number of nitrogens with zero attached hydrogens (tertiary/aromatic N) is 5. The lowest BCUT2D eigenvalue weighted by atomic mass is 10.0. The van der Waals surface area contributed by atoms with E-state index in [1.165, 1.54) is 28.7 Å². The van der Waals surface area contributed by atoms with Gasteiger partial charge < -0.3 is 10.2 Å². The second-order valence-electron chi connectivity index (χ2n) is 7.33. The number of carbonyl (C=O) groups excluding carboxylic acids is 1. The molecule has 1 aliphatic heterocycles. The fraction of sp³-hybridized carbons (Fsp3) is 0.474. The Labute approximate surface area is 161 Å². The van der Waals surface area contributed by atoms with Gasteiger partial charge in [0.25, 0.3) is 5.91 Å². The summed E-state index contributed by atoms with van der Waals surface area (Å²) in [5.41, 5.74) is 2.04. The van der Waals surface area contributed by atoms with Crippen molar-refractivity contribution in [2.75, 3.05) is 18.0 Å². The lowest BCUT2D eigenvalue weighted by molar-refractivity contribution is 0.0923. The highest BCUT2D eigenvalue weighted by molar-refractivity contribution is 7.19. The molecule has 1 N–H and O–H groups in total. The number of nitrogens with one attached hydrogen (secondary N) is 1. The minimum atomic E-state index is -0.0638. The highest BCUT2D eigenvalue weighted by atomic mass is 32.1. The third-order valence-corrected chi connectivity index (χ3v) is 6.79. The lowest BCUT2D eigenvalue weighted by Crippen LogP contribution is -2.48. The highest BCUT2D eigenvalue weighted by Crippen LogP contribution is 2.40. The van der Waals surface area contributed by atoms with Crippen molar-refractivity contribution < 1.29 is 4.79 Å². The van der Waals surface area contributed by atoms with Crippen molar-refractivity contribution in [1.82, 2.24) is 25.1 Å². The second-order valence-corrected chi connectivity index (χ2v) is 8.42. The fourth-order valence-electron chi connectivity index (χ4n) is 4.30. The van der Waals surface area contributed by atoms with Gasteiger partial charge in [0.2, 0.25) is 0 Å². The van der Waals surface area contributed by atoms with Crippen LogP contribution in [0, 0.1) is 0 Å². The van der Waals surface area contributed by atoms with Crippen molar-refractivity contribution in [2.45, 2.75) is 38.1 Å². The van der Waals surface area contributed by atoms with Gasteiger partial charge in [0.1, 0.15) is 22.7 Å². The summed E-state index contributed by atoms with van der Waals surface area (Å²) in [7, 11) is 1.79. The summed E-state index contributed by atoms with van der Waals surface area (Å²) in [5.74, 6) is 0.977. The van der Waals surface area contributed by atoms with Gasteiger partial charge in [0, 0.05) is 37.3 Å². The first-order valence-corrected chi connectivity index (χ1v) is 10.3. The summed E-state index contributed by atoms with van der Waals surface area (Å²) in [6.45, 7) is 1.75. The Bertz CT molecular complexity index is 1010. The zero-order valence-corrected chi connectivity index (χ0v) is 16.1. The third kappa shape index (κ3) is 2.88. The van der Waals surface area contributed by atoms with E-state index in [2.05, 4.69) is 25.3 Å². The number of aryl methyl sites for hydroxylation is 3. The molecule has 3 aromatic rings. The van der Waals surface area contributed by atoms with E-state index in [9.17, 15) is 4.79 Å². The van der Waals surface area contributed by atoms with Crippen molar-refractivity contribution in [2.24, 2.45) is 7.05 Å². The molecule has 1 atom stereocenters. The van der Waals surface area contributed by atoms with Gasteiger partial charge in [-0.2, -0.15) is 5.10 Å². The third-order valence-electron chi connectivity index (χ3n) is 5.59. The molecule has 3 aromatic heterocycles. The monoisotopic (exact) mass is 382 g/mol. The molecule has 1 fully saturated rings. The van der Waals surface area contributed by atoms with Crippen LogP contribution in [0.5, 0.6) is 0 Å². The van der Waals surface area contributed by atoms with Crippen LogP contribution in [-0.4, -0.2) is 44.8 Å². The van der Waals surface area contributed by atoms with Gasteiger partial charge in [0.05, 0.1) is 5.39 Å². The van der Waals surface area contributed by atoms with E-state index >= 15 is 0 Å². The van der Waals surface area contributed by atoms with E-state index in [-0.39, 0.29) is 11.9 Å². The molecule has 8 heteroatoms. The quantitative estimate of drug-likeness (QED) is 0.752. The highest BCUT2D eigenvalue weighted by Gasteiger charge is 2.28. The maximum Gasteiger partial charge on any atom is 0.269 e. The van der Waals surface area contributed by atoms with Crippen LogP contribution < -0.4 is 10.2 Å². The van der Waals surface area contributed by atoms with E-state index in [4.69, 9.17) is 0 Å². The van der Waals surface area contributed by atoms with Crippen LogP contribution in [0.1, 0.15) is 40.2 Å². The number of aromatic nitrogens is 4. The lowest BCUT2D eigenvalue weighted by Gasteiger charge is -2.34. The molecule has 7 nitrogen and oxygen atoms in total. The Morgan fingerprint density at radius 1 is 1.30 bits per heavy atom. The Balaban J connectivity index is 1.39. The molecule has 0 aromatic carbocycles. The summed E-state index contributed by atoms with van der Waals surface area (Å²) in [4.78, 5) is 26.6. The van der Waals surface area contributed by atoms with E-state index in [1.54, 1.807) is 30.3 Å². The van der Waals surface area contributed by atoms with Crippen molar-refractivity contribution in [3.63, 3.8) is 0 Å². The second kappa shape index (κ2) is 6.60. The summed E-state index contributed by atoms with van der Waals surface area (Å²) in [6.07, 6.45) is 8.88. The predicted octanol–water partition coefficient (Wildman–Crippen LogP) is 2.31. The van der Waals surface area contributed by atoms with Crippen LogP contribution >= 0.6 is 11.3 Å². The molecule has 1 aliphatic carbocycles. The number of carbonyl (C=O) groups is 1. The van der Waals surface area contributed by atoms with E-state index in [0.717, 1.165) is 43.0 Å². The molecule has 2 aliphatic rings. The van der Waals surface area contributed by atoms with Gasteiger partial charge in [-0.25, -0.2) is 9.97 Å². The van der Waals surface area contributed by atoms with Crippen molar-refractivity contribution in [3.8, 4) is 0 Å². The molecule has 0 radical (unpaired) electrons. The zero-order valence-electron chi connectivity index (χ0n) is 15.3. The Morgan fingerprint density at radius 2 is 2.22 bits per heavy atom. The predicted molar refractivity (Wildman–Crippen MR) is 105 cm³/mol. The number of hydrogen-bond acceptors (Lipinski definition) is 6. The molecule has 1 unspecified atom stereocenters. The molecule has 27 heavy (non-hydrogen) atoms. The van der Waals surface area contributed by atoms with E-state index in [1.807, 2.05) is 11.3 Å². The Morgan fingerprint density at radius 3 is 3.07 bits per heavy atom. The number of anilines is 1. The van der Waals surface area contributed by atoms with Crippen LogP contribution in [-0.2, 0) is 19.9 Å². The SMILES string of the molecule is Cn1nccc1C(=O)NC1CCCN(c2ncnc3sc4c(c23)CCC4)C1. The number of fused-ring (bicyclic) bond motifs is 3. The molecule has 0 spiro atoms. The molecule has 0 bridgehead atoms. The minimum absolute atomic E-state index is 0.0638. The van der Waals surface area contributed by atoms with Gasteiger partial charge in [-0.15, -0.1) is 11.3 Å². The first-order valence-electron chi connectivity index (χ1n) is 9.50. The maximum absolute atomic E-state index is 12.5. The zero-order chi connectivity index (χ0) is 18.4. The number of hydrogen-bond donors (Lipinski definition) is 1. The van der Waals surface area contributed by atoms with Crippen LogP contribution in [0.2, 0.25) is 0 Å². The molecule has 1 amide bonds. The van der Waals surface area contributed by atoms with Crippen molar-refractivity contribution in [1.29, 1.82) is 0 Å². The van der Waals surface area contributed by atoms with Gasteiger partial charge in [0.15, 0.2) is 0 Å². The molecule has 0 saturated carbocycles. The first kappa shape index (κ1) is 16.7. The van der Waals surface area contributed by atoms with Crippen LogP contribution in [0.3, 0.4) is 0 Å². The average Bonchev–Trinajstić information content (AvgIpc) is 3.37. The number of rotatable bonds is 3. The van der Waals surface area contributed by atoms with Crippen LogP contribution in [0.15, 0.2) is 18.6 Å². The number of thiophene rings is 1. The summed E-state index contributed by atoms with van der Waals surface area (Å²) in [5, 5.41) is 8.50. The number of piperidine rings is 1. The normalized spacial score (nSPS) is 19.4. The largest absolute Gasteiger partial charge is 0.354 e. The Kier molecular flexibility index (Phi) is 4.07. The van der Waals surface area contributed by atoms with Crippen LogP contribution in [0.4, 0.5) is 5.82 Å². The van der Waals surface area contributed by atoms with Crippen molar-refractivity contribution >= 4 is 33.3 Å².